The van der Waals surface area contributed by atoms with E-state index in [-0.39, 0.29) is 0 Å². The normalized spacial score (nSPS) is 17.0. The van der Waals surface area contributed by atoms with Gasteiger partial charge >= 0.3 is 0 Å². The lowest BCUT2D eigenvalue weighted by Gasteiger charge is -2.21. The van der Waals surface area contributed by atoms with Crippen molar-refractivity contribution in [3.05, 3.63) is 23.3 Å². The Hall–Kier alpha value is -1.71. The van der Waals surface area contributed by atoms with E-state index in [1.54, 1.807) is 14.2 Å². The van der Waals surface area contributed by atoms with E-state index in [0.29, 0.717) is 0 Å². The lowest BCUT2D eigenvalue weighted by molar-refractivity contribution is 0.317. The minimum atomic E-state index is 0.723. The maximum atomic E-state index is 8.94. The molecule has 1 N–H and O–H groups in total. The molecule has 2 rings (SSSR count). The summed E-state index contributed by atoms with van der Waals surface area (Å²) in [6, 6.07) is 3.76. The smallest absolute Gasteiger partial charge is 0.164 e. The number of fused-ring (bicyclic) bond motifs is 1. The van der Waals surface area contributed by atoms with Crippen LogP contribution in [0.2, 0.25) is 0 Å². The Bertz CT molecular complexity index is 427. The topological polar surface area (TPSA) is 51.0 Å². The highest BCUT2D eigenvalue weighted by Crippen LogP contribution is 2.37. The third kappa shape index (κ3) is 1.60. The first-order chi connectivity index (χ1) is 7.81. The second-order valence-electron chi connectivity index (χ2n) is 3.73. The minimum Gasteiger partial charge on any atom is -0.493 e. The predicted molar refractivity (Wildman–Crippen MR) is 60.8 cm³/mol. The van der Waals surface area contributed by atoms with Crippen LogP contribution in [0.3, 0.4) is 0 Å². The molecule has 4 nitrogen and oxygen atoms in total. The van der Waals surface area contributed by atoms with E-state index >= 15 is 0 Å². The highest BCUT2D eigenvalue weighted by atomic mass is 16.5. The zero-order valence-electron chi connectivity index (χ0n) is 9.49. The molecule has 4 heteroatoms. The summed E-state index contributed by atoms with van der Waals surface area (Å²) in [5.41, 5.74) is 2.76. The van der Waals surface area contributed by atoms with Gasteiger partial charge in [-0.1, -0.05) is 5.16 Å². The van der Waals surface area contributed by atoms with Crippen LogP contribution < -0.4 is 9.47 Å². The number of oxime groups is 1. The van der Waals surface area contributed by atoms with E-state index in [1.165, 1.54) is 0 Å². The number of ether oxygens (including phenoxy) is 2. The third-order valence-electron chi connectivity index (χ3n) is 2.92. The molecular weight excluding hydrogens is 206 g/mol. The minimum absolute atomic E-state index is 0.723. The van der Waals surface area contributed by atoms with Gasteiger partial charge in [-0.2, -0.15) is 0 Å². The van der Waals surface area contributed by atoms with E-state index in [1.807, 2.05) is 12.1 Å². The van der Waals surface area contributed by atoms with Gasteiger partial charge in [0.25, 0.3) is 0 Å². The molecule has 1 aliphatic rings. The number of hydrogen-bond donors (Lipinski definition) is 1. The molecule has 0 heterocycles. The fourth-order valence-corrected chi connectivity index (χ4v) is 2.18. The summed E-state index contributed by atoms with van der Waals surface area (Å²) in [7, 11) is 3.25. The van der Waals surface area contributed by atoms with E-state index in [2.05, 4.69) is 5.16 Å². The maximum absolute atomic E-state index is 8.94. The molecule has 0 unspecified atom stereocenters. The first kappa shape index (κ1) is 10.8. The Morgan fingerprint density at radius 2 is 2.00 bits per heavy atom. The Balaban J connectivity index is 2.59. The second kappa shape index (κ2) is 4.43. The molecule has 0 saturated heterocycles. The van der Waals surface area contributed by atoms with E-state index in [9.17, 15) is 0 Å². The van der Waals surface area contributed by atoms with Gasteiger partial charge in [0.05, 0.1) is 19.9 Å². The molecular formula is C12H15NO3. The molecule has 0 bridgehead atoms. The van der Waals surface area contributed by atoms with Crippen molar-refractivity contribution < 1.29 is 14.7 Å². The van der Waals surface area contributed by atoms with Gasteiger partial charge in [0.2, 0.25) is 0 Å². The van der Waals surface area contributed by atoms with Crippen LogP contribution in [0, 0.1) is 0 Å². The van der Waals surface area contributed by atoms with Gasteiger partial charge in [-0.25, -0.2) is 0 Å². The quantitative estimate of drug-likeness (QED) is 0.615. The van der Waals surface area contributed by atoms with Gasteiger partial charge in [0.1, 0.15) is 0 Å². The predicted octanol–water partition coefficient (Wildman–Crippen LogP) is 2.22. The fraction of sp³-hybridized carbons (Fsp3) is 0.417. The molecule has 1 aliphatic carbocycles. The maximum Gasteiger partial charge on any atom is 0.164 e. The van der Waals surface area contributed by atoms with Crippen LogP contribution in [0.5, 0.6) is 11.5 Å². The van der Waals surface area contributed by atoms with Gasteiger partial charge in [-0.05, 0) is 31.4 Å². The van der Waals surface area contributed by atoms with Gasteiger partial charge in [-0.15, -0.1) is 0 Å². The summed E-state index contributed by atoms with van der Waals surface area (Å²) >= 11 is 0. The third-order valence-corrected chi connectivity index (χ3v) is 2.92. The zero-order chi connectivity index (χ0) is 11.5. The standard InChI is InChI=1S/C12H15NO3/c1-15-11-7-6-8-9(12(11)16-2)4-3-5-10(8)13-14/h6-7,14H,3-5H2,1-2H3. The average Bonchev–Trinajstić information content (AvgIpc) is 2.36. The summed E-state index contributed by atoms with van der Waals surface area (Å²) in [5.74, 6) is 1.47. The zero-order valence-corrected chi connectivity index (χ0v) is 9.49. The summed E-state index contributed by atoms with van der Waals surface area (Å²) < 4.78 is 10.6. The molecule has 1 aromatic rings. The summed E-state index contributed by atoms with van der Waals surface area (Å²) in [4.78, 5) is 0. The monoisotopic (exact) mass is 221 g/mol. The number of rotatable bonds is 2. The number of benzene rings is 1. The van der Waals surface area contributed by atoms with Crippen LogP contribution in [-0.2, 0) is 6.42 Å². The lowest BCUT2D eigenvalue weighted by Crippen LogP contribution is -2.13. The molecule has 0 aromatic heterocycles. The van der Waals surface area contributed by atoms with E-state index < -0.39 is 0 Å². The average molecular weight is 221 g/mol. The van der Waals surface area contributed by atoms with Crippen molar-refractivity contribution >= 4 is 5.71 Å². The van der Waals surface area contributed by atoms with Crippen molar-refractivity contribution in [3.63, 3.8) is 0 Å². The van der Waals surface area contributed by atoms with Crippen LogP contribution in [0.25, 0.3) is 0 Å². The Morgan fingerprint density at radius 1 is 1.19 bits per heavy atom. The van der Waals surface area contributed by atoms with Crippen LogP contribution >= 0.6 is 0 Å². The van der Waals surface area contributed by atoms with Crippen LogP contribution in [0.1, 0.15) is 24.0 Å². The summed E-state index contributed by atoms with van der Waals surface area (Å²) in [6.45, 7) is 0. The molecule has 0 saturated carbocycles. The van der Waals surface area contributed by atoms with E-state index in [0.717, 1.165) is 47.6 Å². The Labute approximate surface area is 94.5 Å². The van der Waals surface area contributed by atoms with Gasteiger partial charge < -0.3 is 14.7 Å². The molecule has 0 spiro atoms. The van der Waals surface area contributed by atoms with Gasteiger partial charge in [0.15, 0.2) is 11.5 Å². The van der Waals surface area contributed by atoms with Gasteiger partial charge in [-0.3, -0.25) is 0 Å². The number of hydrogen-bond acceptors (Lipinski definition) is 4. The van der Waals surface area contributed by atoms with Crippen molar-refractivity contribution in [3.8, 4) is 11.5 Å². The fourth-order valence-electron chi connectivity index (χ4n) is 2.18. The molecule has 1 aromatic carbocycles. The van der Waals surface area contributed by atoms with Crippen LogP contribution in [-0.4, -0.2) is 25.1 Å². The van der Waals surface area contributed by atoms with Crippen molar-refractivity contribution in [2.24, 2.45) is 5.16 Å². The molecule has 0 atom stereocenters. The SMILES string of the molecule is COc1ccc2c(c1OC)CCCC2=NO. The van der Waals surface area contributed by atoms with Crippen molar-refractivity contribution in [2.75, 3.05) is 14.2 Å². The largest absolute Gasteiger partial charge is 0.493 e. The number of methoxy groups -OCH3 is 2. The van der Waals surface area contributed by atoms with E-state index in [4.69, 9.17) is 14.7 Å². The lowest BCUT2D eigenvalue weighted by atomic mass is 9.89. The molecule has 0 radical (unpaired) electrons. The van der Waals surface area contributed by atoms with Gasteiger partial charge in [0, 0.05) is 11.1 Å². The number of nitrogens with zero attached hydrogens (tertiary/aromatic N) is 1. The molecule has 16 heavy (non-hydrogen) atoms. The van der Waals surface area contributed by atoms with Crippen molar-refractivity contribution in [1.82, 2.24) is 0 Å². The Morgan fingerprint density at radius 3 is 2.62 bits per heavy atom. The second-order valence-corrected chi connectivity index (χ2v) is 3.73. The molecule has 86 valence electrons. The highest BCUT2D eigenvalue weighted by molar-refractivity contribution is 6.03. The molecule has 0 amide bonds. The molecule has 0 fully saturated rings. The van der Waals surface area contributed by atoms with Crippen LogP contribution in [0.4, 0.5) is 0 Å². The first-order valence-corrected chi connectivity index (χ1v) is 5.27. The summed E-state index contributed by atoms with van der Waals surface area (Å²) in [5, 5.41) is 12.3. The summed E-state index contributed by atoms with van der Waals surface area (Å²) in [6.07, 6.45) is 2.70. The van der Waals surface area contributed by atoms with Crippen LogP contribution in [0.15, 0.2) is 17.3 Å². The molecule has 0 aliphatic heterocycles. The first-order valence-electron chi connectivity index (χ1n) is 5.27. The van der Waals surface area contributed by atoms with Crippen molar-refractivity contribution in [1.29, 1.82) is 0 Å². The Kier molecular flexibility index (Phi) is 2.99. The van der Waals surface area contributed by atoms with Crippen molar-refractivity contribution in [2.45, 2.75) is 19.3 Å². The highest BCUT2D eigenvalue weighted by Gasteiger charge is 2.22.